The molecule has 0 saturated heterocycles. The van der Waals surface area contributed by atoms with E-state index in [1.165, 1.54) is 0 Å². The molecule has 1 aliphatic rings. The lowest BCUT2D eigenvalue weighted by Crippen LogP contribution is -2.21. The highest BCUT2D eigenvalue weighted by Crippen LogP contribution is 2.46. The number of aromatic amines is 1. The van der Waals surface area contributed by atoms with Crippen LogP contribution >= 0.6 is 0 Å². The molecule has 0 radical (unpaired) electrons. The van der Waals surface area contributed by atoms with Crippen molar-refractivity contribution in [2.45, 2.75) is 12.8 Å². The molecule has 0 aliphatic carbocycles. The van der Waals surface area contributed by atoms with Crippen molar-refractivity contribution in [3.63, 3.8) is 0 Å². The predicted octanol–water partition coefficient (Wildman–Crippen LogP) is 3.70. The van der Waals surface area contributed by atoms with Gasteiger partial charge in [-0.2, -0.15) is 5.26 Å². The smallest absolute Gasteiger partial charge is 0.244 e. The van der Waals surface area contributed by atoms with Crippen LogP contribution in [-0.2, 0) is 0 Å². The Kier molecular flexibility index (Phi) is 4.83. The van der Waals surface area contributed by atoms with E-state index in [1.807, 2.05) is 55.5 Å². The summed E-state index contributed by atoms with van der Waals surface area (Å²) in [5.41, 5.74) is 9.65. The van der Waals surface area contributed by atoms with Crippen molar-refractivity contribution in [1.29, 1.82) is 5.26 Å². The topological polar surface area (TPSA) is 106 Å². The number of nitrogens with two attached hydrogens (primary N) is 1. The summed E-state index contributed by atoms with van der Waals surface area (Å²) < 4.78 is 16.5. The second-order valence-electron chi connectivity index (χ2n) is 6.48. The third-order valence-electron chi connectivity index (χ3n) is 4.82. The van der Waals surface area contributed by atoms with E-state index in [0.717, 1.165) is 28.1 Å². The second-order valence-corrected chi connectivity index (χ2v) is 6.48. The van der Waals surface area contributed by atoms with Crippen LogP contribution in [0.5, 0.6) is 17.4 Å². The molecule has 0 bridgehead atoms. The van der Waals surface area contributed by atoms with Gasteiger partial charge in [-0.15, -0.1) is 5.10 Å². The number of hydrogen-bond donors (Lipinski definition) is 2. The molecule has 4 rings (SSSR count). The minimum absolute atomic E-state index is 0.0533. The van der Waals surface area contributed by atoms with Gasteiger partial charge >= 0.3 is 0 Å². The highest BCUT2D eigenvalue weighted by Gasteiger charge is 2.35. The highest BCUT2D eigenvalue weighted by molar-refractivity contribution is 5.71. The van der Waals surface area contributed by atoms with Crippen LogP contribution in [0, 0.1) is 11.3 Å². The molecule has 0 spiro atoms. The Bertz CT molecular complexity index is 1110. The minimum Gasteiger partial charge on any atom is -0.497 e. The minimum atomic E-state index is -0.431. The van der Waals surface area contributed by atoms with Crippen molar-refractivity contribution in [3.8, 4) is 34.7 Å². The summed E-state index contributed by atoms with van der Waals surface area (Å²) in [7, 11) is 1.60. The van der Waals surface area contributed by atoms with Crippen molar-refractivity contribution in [3.05, 3.63) is 71.1 Å². The van der Waals surface area contributed by atoms with Crippen molar-refractivity contribution in [2.24, 2.45) is 5.73 Å². The molecule has 146 valence electrons. The van der Waals surface area contributed by atoms with Crippen LogP contribution in [0.2, 0.25) is 0 Å². The van der Waals surface area contributed by atoms with E-state index in [0.29, 0.717) is 23.8 Å². The van der Waals surface area contributed by atoms with Crippen LogP contribution in [0.25, 0.3) is 11.3 Å². The van der Waals surface area contributed by atoms with Gasteiger partial charge in [-0.05, 0) is 48.9 Å². The fourth-order valence-corrected chi connectivity index (χ4v) is 3.50. The maximum Gasteiger partial charge on any atom is 0.244 e. The largest absolute Gasteiger partial charge is 0.497 e. The van der Waals surface area contributed by atoms with Gasteiger partial charge < -0.3 is 19.9 Å². The van der Waals surface area contributed by atoms with Gasteiger partial charge in [-0.1, -0.05) is 12.1 Å². The number of benzene rings is 2. The van der Waals surface area contributed by atoms with E-state index in [9.17, 15) is 5.26 Å². The van der Waals surface area contributed by atoms with Gasteiger partial charge in [0.05, 0.1) is 30.9 Å². The van der Waals surface area contributed by atoms with Gasteiger partial charge in [0.15, 0.2) is 0 Å². The maximum atomic E-state index is 9.79. The Morgan fingerprint density at radius 1 is 1.21 bits per heavy atom. The molecule has 2 aromatic carbocycles. The quantitative estimate of drug-likeness (QED) is 0.690. The number of aromatic nitrogens is 2. The van der Waals surface area contributed by atoms with E-state index in [-0.39, 0.29) is 5.88 Å². The first-order chi connectivity index (χ1) is 14.2. The Morgan fingerprint density at radius 2 is 2.00 bits per heavy atom. The van der Waals surface area contributed by atoms with Crippen LogP contribution in [-0.4, -0.2) is 23.9 Å². The summed E-state index contributed by atoms with van der Waals surface area (Å²) in [6.45, 7) is 2.54. The van der Waals surface area contributed by atoms with E-state index < -0.39 is 5.92 Å². The Balaban J connectivity index is 1.86. The molecular weight excluding hydrogens is 368 g/mol. The molecule has 3 N–H and O–H groups in total. The van der Waals surface area contributed by atoms with Gasteiger partial charge in [0.25, 0.3) is 0 Å². The fraction of sp³-hybridized carbons (Fsp3) is 0.182. The number of ether oxygens (including phenoxy) is 3. The number of H-pyrrole nitrogens is 1. The zero-order valence-electron chi connectivity index (χ0n) is 16.1. The number of hydrogen-bond acceptors (Lipinski definition) is 6. The number of methoxy groups -OCH3 is 1. The lowest BCUT2D eigenvalue weighted by Gasteiger charge is -2.24. The average Bonchev–Trinajstić information content (AvgIpc) is 3.16. The number of rotatable bonds is 5. The van der Waals surface area contributed by atoms with Gasteiger partial charge in [0.2, 0.25) is 11.8 Å². The fourth-order valence-electron chi connectivity index (χ4n) is 3.50. The van der Waals surface area contributed by atoms with Crippen LogP contribution < -0.4 is 19.9 Å². The Labute approximate surface area is 168 Å². The molecule has 3 aromatic rings. The number of nitriles is 1. The van der Waals surface area contributed by atoms with Gasteiger partial charge in [-0.25, -0.2) is 0 Å². The number of nitrogens with zero attached hydrogens (tertiary/aromatic N) is 2. The standard InChI is InChI=1S/C22H20N4O3/c1-3-28-15-9-7-13(8-10-15)20-19-18(14-5-4-6-16(11-14)27-2)17(12-23)21(24)29-22(19)26-25-20/h4-11,18H,3,24H2,1-2H3,(H,25,26)/t18-/m0/s1. The van der Waals surface area contributed by atoms with Crippen molar-refractivity contribution in [1.82, 2.24) is 10.2 Å². The molecule has 0 amide bonds. The number of allylic oxidation sites excluding steroid dienone is 1. The summed E-state index contributed by atoms with van der Waals surface area (Å²) in [6.07, 6.45) is 0. The van der Waals surface area contributed by atoms with Gasteiger partial charge in [-0.3, -0.25) is 5.10 Å². The molecule has 1 atom stereocenters. The monoisotopic (exact) mass is 388 g/mol. The summed E-state index contributed by atoms with van der Waals surface area (Å²) in [4.78, 5) is 0. The van der Waals surface area contributed by atoms with E-state index in [1.54, 1.807) is 7.11 Å². The summed E-state index contributed by atoms with van der Waals surface area (Å²) >= 11 is 0. The Hall–Kier alpha value is -3.92. The van der Waals surface area contributed by atoms with Crippen molar-refractivity contribution in [2.75, 3.05) is 13.7 Å². The average molecular weight is 388 g/mol. The summed E-state index contributed by atoms with van der Waals surface area (Å²) in [5.74, 6) is 1.46. The summed E-state index contributed by atoms with van der Waals surface area (Å²) in [6, 6.07) is 17.4. The van der Waals surface area contributed by atoms with Crippen molar-refractivity contribution >= 4 is 0 Å². The van der Waals surface area contributed by atoms with Crippen LogP contribution in [0.15, 0.2) is 60.0 Å². The maximum absolute atomic E-state index is 9.79. The number of fused-ring (bicyclic) bond motifs is 1. The molecule has 1 aliphatic heterocycles. The third-order valence-corrected chi connectivity index (χ3v) is 4.82. The number of nitrogens with one attached hydrogen (secondary N) is 1. The molecule has 7 nitrogen and oxygen atoms in total. The van der Waals surface area contributed by atoms with Gasteiger partial charge in [0, 0.05) is 5.56 Å². The van der Waals surface area contributed by atoms with Crippen molar-refractivity contribution < 1.29 is 14.2 Å². The van der Waals surface area contributed by atoms with Crippen LogP contribution in [0.1, 0.15) is 24.0 Å². The first-order valence-corrected chi connectivity index (χ1v) is 9.19. The molecule has 29 heavy (non-hydrogen) atoms. The second kappa shape index (κ2) is 7.60. The summed E-state index contributed by atoms with van der Waals surface area (Å²) in [5, 5.41) is 17.1. The lowest BCUT2D eigenvalue weighted by atomic mass is 9.83. The highest BCUT2D eigenvalue weighted by atomic mass is 16.5. The van der Waals surface area contributed by atoms with Gasteiger partial charge in [0.1, 0.15) is 23.1 Å². The predicted molar refractivity (Wildman–Crippen MR) is 107 cm³/mol. The first-order valence-electron chi connectivity index (χ1n) is 9.19. The zero-order chi connectivity index (χ0) is 20.4. The molecule has 0 saturated carbocycles. The molecule has 1 aromatic heterocycles. The zero-order valence-corrected chi connectivity index (χ0v) is 16.1. The first kappa shape index (κ1) is 18.4. The van der Waals surface area contributed by atoms with E-state index in [4.69, 9.17) is 19.9 Å². The molecule has 0 fully saturated rings. The normalized spacial score (nSPS) is 15.3. The molecule has 2 heterocycles. The van der Waals surface area contributed by atoms with E-state index >= 15 is 0 Å². The third kappa shape index (κ3) is 3.25. The van der Waals surface area contributed by atoms with Crippen LogP contribution in [0.4, 0.5) is 0 Å². The molecule has 7 heteroatoms. The molecule has 0 unspecified atom stereocenters. The SMILES string of the molecule is CCOc1ccc(-c2[nH]nc3c2[C@@H](c2cccc(OC)c2)C(C#N)=C(N)O3)cc1. The Morgan fingerprint density at radius 3 is 2.69 bits per heavy atom. The lowest BCUT2D eigenvalue weighted by molar-refractivity contribution is 0.340. The molecular formula is C22H20N4O3. The van der Waals surface area contributed by atoms with E-state index in [2.05, 4.69) is 16.3 Å². The van der Waals surface area contributed by atoms with Crippen LogP contribution in [0.3, 0.4) is 0 Å².